The summed E-state index contributed by atoms with van der Waals surface area (Å²) in [7, 11) is -3.51. The van der Waals surface area contributed by atoms with Crippen molar-refractivity contribution in [2.75, 3.05) is 31.1 Å². The van der Waals surface area contributed by atoms with E-state index in [1.165, 1.54) is 4.31 Å². The lowest BCUT2D eigenvalue weighted by molar-refractivity contribution is 0.383. The van der Waals surface area contributed by atoms with Crippen LogP contribution in [-0.4, -0.2) is 59.1 Å². The van der Waals surface area contributed by atoms with Gasteiger partial charge >= 0.3 is 0 Å². The van der Waals surface area contributed by atoms with Gasteiger partial charge in [-0.05, 0) is 31.2 Å². The summed E-state index contributed by atoms with van der Waals surface area (Å²) >= 11 is 0. The summed E-state index contributed by atoms with van der Waals surface area (Å²) in [6.45, 7) is 3.56. The Labute approximate surface area is 191 Å². The zero-order valence-electron chi connectivity index (χ0n) is 18.0. The molecule has 0 radical (unpaired) electrons. The van der Waals surface area contributed by atoms with Crippen molar-refractivity contribution < 1.29 is 12.8 Å². The van der Waals surface area contributed by atoms with Crippen LogP contribution < -0.4 is 4.90 Å². The van der Waals surface area contributed by atoms with Crippen molar-refractivity contribution in [2.45, 2.75) is 11.8 Å². The normalized spacial score (nSPS) is 15.0. The minimum atomic E-state index is -3.51. The standard InChI is InChI=1S/C23H22N6O3S/c1-17-21(23-27-26-22(32-23)18-8-4-2-5-9-18)25-20(16-24-17)28-12-14-29(15-13-28)33(30,31)19-10-6-3-7-11-19/h2-11,16H,12-15H2,1H3. The summed E-state index contributed by atoms with van der Waals surface area (Å²) in [4.78, 5) is 11.5. The molecule has 10 heteroatoms. The molecule has 0 saturated carbocycles. The van der Waals surface area contributed by atoms with E-state index in [1.54, 1.807) is 36.5 Å². The van der Waals surface area contributed by atoms with Gasteiger partial charge in [-0.1, -0.05) is 36.4 Å². The van der Waals surface area contributed by atoms with Crippen molar-refractivity contribution in [3.8, 4) is 23.0 Å². The van der Waals surface area contributed by atoms with E-state index < -0.39 is 10.0 Å². The Kier molecular flexibility index (Phi) is 5.61. The highest BCUT2D eigenvalue weighted by atomic mass is 32.2. The van der Waals surface area contributed by atoms with Gasteiger partial charge in [0.25, 0.3) is 5.89 Å². The Morgan fingerprint density at radius 3 is 2.18 bits per heavy atom. The Hall–Kier alpha value is -3.63. The van der Waals surface area contributed by atoms with Crippen LogP contribution in [0.25, 0.3) is 23.0 Å². The fourth-order valence-electron chi connectivity index (χ4n) is 3.71. The van der Waals surface area contributed by atoms with Crippen LogP contribution >= 0.6 is 0 Å². The lowest BCUT2D eigenvalue weighted by Crippen LogP contribution is -2.49. The summed E-state index contributed by atoms with van der Waals surface area (Å²) in [5, 5.41) is 8.30. The smallest absolute Gasteiger partial charge is 0.268 e. The summed E-state index contributed by atoms with van der Waals surface area (Å²) in [6.07, 6.45) is 1.69. The summed E-state index contributed by atoms with van der Waals surface area (Å²) in [6, 6.07) is 18.0. The molecular weight excluding hydrogens is 440 g/mol. The van der Waals surface area contributed by atoms with Crippen LogP contribution in [0.15, 0.2) is 76.2 Å². The van der Waals surface area contributed by atoms with Crippen LogP contribution in [0.4, 0.5) is 5.82 Å². The molecule has 0 amide bonds. The molecule has 0 unspecified atom stereocenters. The molecule has 1 aliphatic heterocycles. The van der Waals surface area contributed by atoms with Crippen molar-refractivity contribution in [2.24, 2.45) is 0 Å². The molecule has 3 heterocycles. The average Bonchev–Trinajstić information content (AvgIpc) is 3.36. The maximum atomic E-state index is 12.9. The molecule has 168 valence electrons. The quantitative estimate of drug-likeness (QED) is 0.446. The first-order valence-electron chi connectivity index (χ1n) is 10.6. The SMILES string of the molecule is Cc1ncc(N2CCN(S(=O)(=O)c3ccccc3)CC2)nc1-c1nnc(-c2ccccc2)o1. The average molecular weight is 463 g/mol. The second-order valence-corrected chi connectivity index (χ2v) is 9.58. The molecule has 0 N–H and O–H groups in total. The minimum absolute atomic E-state index is 0.297. The molecule has 0 aliphatic carbocycles. The van der Waals surface area contributed by atoms with E-state index in [0.717, 1.165) is 5.56 Å². The molecule has 2 aromatic carbocycles. The van der Waals surface area contributed by atoms with E-state index in [9.17, 15) is 8.42 Å². The second-order valence-electron chi connectivity index (χ2n) is 7.64. The van der Waals surface area contributed by atoms with Crippen molar-refractivity contribution >= 4 is 15.8 Å². The monoisotopic (exact) mass is 462 g/mol. The predicted octanol–water partition coefficient (Wildman–Crippen LogP) is 3.01. The Balaban J connectivity index is 1.34. The third-order valence-corrected chi connectivity index (χ3v) is 7.45. The Morgan fingerprint density at radius 1 is 0.848 bits per heavy atom. The predicted molar refractivity (Wildman–Crippen MR) is 123 cm³/mol. The summed E-state index contributed by atoms with van der Waals surface area (Å²) in [5.74, 6) is 1.36. The van der Waals surface area contributed by atoms with Crippen molar-refractivity contribution in [3.63, 3.8) is 0 Å². The first kappa shape index (κ1) is 21.2. The number of hydrogen-bond donors (Lipinski definition) is 0. The second kappa shape index (κ2) is 8.72. The molecule has 5 rings (SSSR count). The largest absolute Gasteiger partial charge is 0.415 e. The van der Waals surface area contributed by atoms with E-state index in [4.69, 9.17) is 9.40 Å². The fraction of sp³-hybridized carbons (Fsp3) is 0.217. The van der Waals surface area contributed by atoms with Gasteiger partial charge in [0.05, 0.1) is 16.8 Å². The molecular formula is C23H22N6O3S. The maximum Gasteiger partial charge on any atom is 0.268 e. The van der Waals surface area contributed by atoms with Gasteiger partial charge in [-0.15, -0.1) is 10.2 Å². The van der Waals surface area contributed by atoms with Crippen molar-refractivity contribution in [1.82, 2.24) is 24.5 Å². The number of aromatic nitrogens is 4. The lowest BCUT2D eigenvalue weighted by atomic mass is 10.2. The van der Waals surface area contributed by atoms with Crippen LogP contribution in [-0.2, 0) is 10.0 Å². The number of hydrogen-bond acceptors (Lipinski definition) is 8. The van der Waals surface area contributed by atoms with E-state index >= 15 is 0 Å². The molecule has 1 fully saturated rings. The zero-order chi connectivity index (χ0) is 22.8. The van der Waals surface area contributed by atoms with Crippen LogP contribution in [0, 0.1) is 6.92 Å². The van der Waals surface area contributed by atoms with Gasteiger partial charge in [0.2, 0.25) is 15.9 Å². The van der Waals surface area contributed by atoms with E-state index in [2.05, 4.69) is 15.2 Å². The number of benzene rings is 2. The molecule has 0 atom stereocenters. The number of anilines is 1. The molecule has 2 aromatic heterocycles. The van der Waals surface area contributed by atoms with Gasteiger partial charge in [0.15, 0.2) is 5.69 Å². The van der Waals surface area contributed by atoms with Gasteiger partial charge in [-0.3, -0.25) is 4.98 Å². The molecule has 1 aliphatic rings. The highest BCUT2D eigenvalue weighted by molar-refractivity contribution is 7.89. The minimum Gasteiger partial charge on any atom is -0.415 e. The molecule has 0 spiro atoms. The number of aryl methyl sites for hydroxylation is 1. The first-order valence-corrected chi connectivity index (χ1v) is 12.0. The lowest BCUT2D eigenvalue weighted by Gasteiger charge is -2.34. The summed E-state index contributed by atoms with van der Waals surface area (Å²) in [5.41, 5.74) is 2.02. The molecule has 0 bridgehead atoms. The third-order valence-electron chi connectivity index (χ3n) is 5.53. The number of piperazine rings is 1. The Bertz CT molecular complexity index is 1350. The van der Waals surface area contributed by atoms with Gasteiger partial charge in [0, 0.05) is 31.7 Å². The van der Waals surface area contributed by atoms with Crippen LogP contribution in [0.2, 0.25) is 0 Å². The van der Waals surface area contributed by atoms with E-state index in [0.29, 0.717) is 60.1 Å². The van der Waals surface area contributed by atoms with Gasteiger partial charge in [-0.25, -0.2) is 13.4 Å². The van der Waals surface area contributed by atoms with Crippen LogP contribution in [0.5, 0.6) is 0 Å². The highest BCUT2D eigenvalue weighted by Crippen LogP contribution is 2.26. The highest BCUT2D eigenvalue weighted by Gasteiger charge is 2.29. The van der Waals surface area contributed by atoms with Gasteiger partial charge in [0.1, 0.15) is 5.82 Å². The summed E-state index contributed by atoms with van der Waals surface area (Å²) < 4.78 is 33.1. The number of nitrogens with zero attached hydrogens (tertiary/aromatic N) is 6. The first-order chi connectivity index (χ1) is 16.0. The van der Waals surface area contributed by atoms with Crippen molar-refractivity contribution in [1.29, 1.82) is 0 Å². The van der Waals surface area contributed by atoms with Gasteiger partial charge in [-0.2, -0.15) is 4.31 Å². The Morgan fingerprint density at radius 2 is 1.48 bits per heavy atom. The van der Waals surface area contributed by atoms with Crippen LogP contribution in [0.1, 0.15) is 5.69 Å². The molecule has 4 aromatic rings. The number of sulfonamides is 1. The zero-order valence-corrected chi connectivity index (χ0v) is 18.8. The maximum absolute atomic E-state index is 12.9. The van der Waals surface area contributed by atoms with E-state index in [-0.39, 0.29) is 0 Å². The number of rotatable bonds is 5. The molecule has 9 nitrogen and oxygen atoms in total. The van der Waals surface area contributed by atoms with Crippen molar-refractivity contribution in [3.05, 3.63) is 72.6 Å². The van der Waals surface area contributed by atoms with Crippen LogP contribution in [0.3, 0.4) is 0 Å². The fourth-order valence-corrected chi connectivity index (χ4v) is 5.15. The molecule has 1 saturated heterocycles. The third kappa shape index (κ3) is 4.22. The topological polar surface area (TPSA) is 105 Å². The van der Waals surface area contributed by atoms with E-state index in [1.807, 2.05) is 42.2 Å². The van der Waals surface area contributed by atoms with Gasteiger partial charge < -0.3 is 9.32 Å². The molecule has 33 heavy (non-hydrogen) atoms.